The van der Waals surface area contributed by atoms with Crippen LogP contribution in [0.4, 0.5) is 0 Å². The van der Waals surface area contributed by atoms with E-state index >= 15 is 0 Å². The van der Waals surface area contributed by atoms with E-state index in [2.05, 4.69) is 34.6 Å². The zero-order valence-corrected chi connectivity index (χ0v) is 9.35. The van der Waals surface area contributed by atoms with Gasteiger partial charge < -0.3 is 0 Å². The van der Waals surface area contributed by atoms with Gasteiger partial charge in [0.25, 0.3) is 0 Å². The fourth-order valence-corrected chi connectivity index (χ4v) is 3.22. The highest BCUT2D eigenvalue weighted by Crippen LogP contribution is 2.65. The third kappa shape index (κ3) is 1.30. The lowest BCUT2D eigenvalue weighted by Gasteiger charge is -2.11. The maximum Gasteiger partial charge on any atom is -0.0264 e. The van der Waals surface area contributed by atoms with E-state index in [4.69, 9.17) is 0 Å². The molecule has 0 nitrogen and oxygen atoms in total. The molecule has 72 valence electrons. The topological polar surface area (TPSA) is 0 Å². The quantitative estimate of drug-likeness (QED) is 0.592. The Kier molecular flexibility index (Phi) is 2.85. The molecule has 0 heteroatoms. The summed E-state index contributed by atoms with van der Waals surface area (Å²) in [5, 5.41) is 0. The molecule has 4 atom stereocenters. The van der Waals surface area contributed by atoms with Crippen LogP contribution in [-0.4, -0.2) is 0 Å². The lowest BCUT2D eigenvalue weighted by atomic mass is 9.94. The van der Waals surface area contributed by atoms with Crippen LogP contribution < -0.4 is 0 Å². The summed E-state index contributed by atoms with van der Waals surface area (Å²) < 4.78 is 0. The third-order valence-electron chi connectivity index (χ3n) is 4.39. The van der Waals surface area contributed by atoms with Crippen LogP contribution in [0.25, 0.3) is 0 Å². The van der Waals surface area contributed by atoms with Gasteiger partial charge in [-0.1, -0.05) is 53.9 Å². The van der Waals surface area contributed by atoms with Crippen molar-refractivity contribution in [2.75, 3.05) is 0 Å². The second-order valence-corrected chi connectivity index (χ2v) is 4.79. The summed E-state index contributed by atoms with van der Waals surface area (Å²) in [7, 11) is 0. The molecule has 0 aromatic carbocycles. The lowest BCUT2D eigenvalue weighted by Crippen LogP contribution is -2.03. The smallest absolute Gasteiger partial charge is 0.0264 e. The highest BCUT2D eigenvalue weighted by atomic mass is 14.6. The van der Waals surface area contributed by atoms with Crippen molar-refractivity contribution in [3.05, 3.63) is 0 Å². The maximum atomic E-state index is 2.48. The Morgan fingerprint density at radius 3 is 2.08 bits per heavy atom. The molecule has 0 saturated heterocycles. The molecule has 1 aliphatic carbocycles. The Labute approximate surface area is 77.7 Å². The van der Waals surface area contributed by atoms with Gasteiger partial charge >= 0.3 is 0 Å². The van der Waals surface area contributed by atoms with Crippen molar-refractivity contribution in [2.24, 2.45) is 23.2 Å². The van der Waals surface area contributed by atoms with E-state index < -0.39 is 0 Å². The first-order valence-electron chi connectivity index (χ1n) is 5.61. The van der Waals surface area contributed by atoms with E-state index in [1.807, 2.05) is 0 Å². The molecule has 0 bridgehead atoms. The van der Waals surface area contributed by atoms with Crippen LogP contribution in [0.3, 0.4) is 0 Å². The second-order valence-electron chi connectivity index (χ2n) is 4.79. The fourth-order valence-electron chi connectivity index (χ4n) is 3.22. The van der Waals surface area contributed by atoms with Crippen LogP contribution in [0.15, 0.2) is 0 Å². The number of hydrogen-bond donors (Lipinski definition) is 0. The predicted molar refractivity (Wildman–Crippen MR) is 55.1 cm³/mol. The van der Waals surface area contributed by atoms with Crippen LogP contribution >= 0.6 is 0 Å². The Morgan fingerprint density at radius 2 is 1.83 bits per heavy atom. The molecule has 0 spiro atoms. The lowest BCUT2D eigenvalue weighted by molar-refractivity contribution is 0.382. The molecule has 0 amide bonds. The largest absolute Gasteiger partial charge is 0.0651 e. The molecule has 0 aliphatic heterocycles. The van der Waals surface area contributed by atoms with Gasteiger partial charge in [0.05, 0.1) is 0 Å². The van der Waals surface area contributed by atoms with Gasteiger partial charge in [0.2, 0.25) is 0 Å². The van der Waals surface area contributed by atoms with Crippen molar-refractivity contribution in [3.8, 4) is 0 Å². The van der Waals surface area contributed by atoms with E-state index in [0.29, 0.717) is 5.41 Å². The summed E-state index contributed by atoms with van der Waals surface area (Å²) in [6.45, 7) is 11.9. The van der Waals surface area contributed by atoms with Gasteiger partial charge in [0.1, 0.15) is 0 Å². The zero-order chi connectivity index (χ0) is 9.35. The normalized spacial score (nSPS) is 42.8. The van der Waals surface area contributed by atoms with Crippen molar-refractivity contribution in [1.29, 1.82) is 0 Å². The second kappa shape index (κ2) is 3.40. The van der Waals surface area contributed by atoms with E-state index in [9.17, 15) is 0 Å². The molecule has 0 heterocycles. The van der Waals surface area contributed by atoms with Crippen LogP contribution in [0, 0.1) is 23.2 Å². The van der Waals surface area contributed by atoms with Crippen molar-refractivity contribution < 1.29 is 0 Å². The molecule has 1 saturated carbocycles. The molecule has 1 aliphatic rings. The molecule has 1 rings (SSSR count). The van der Waals surface area contributed by atoms with E-state index in [0.717, 1.165) is 17.8 Å². The van der Waals surface area contributed by atoms with Crippen LogP contribution in [0.1, 0.15) is 53.9 Å². The van der Waals surface area contributed by atoms with Crippen molar-refractivity contribution in [1.82, 2.24) is 0 Å². The van der Waals surface area contributed by atoms with E-state index in [1.54, 1.807) is 0 Å². The van der Waals surface area contributed by atoms with Crippen LogP contribution in [0.5, 0.6) is 0 Å². The maximum absolute atomic E-state index is 2.48. The molecule has 1 fully saturated rings. The average molecular weight is 168 g/mol. The summed E-state index contributed by atoms with van der Waals surface area (Å²) in [4.78, 5) is 0. The summed E-state index contributed by atoms with van der Waals surface area (Å²) >= 11 is 0. The summed E-state index contributed by atoms with van der Waals surface area (Å²) in [5.74, 6) is 3.00. The van der Waals surface area contributed by atoms with Gasteiger partial charge in [-0.05, 0) is 23.2 Å². The number of hydrogen-bond acceptors (Lipinski definition) is 0. The SMILES string of the molecule is CCC(C)C1C(CC)C1(C)CC. The molecule has 0 aromatic rings. The van der Waals surface area contributed by atoms with Gasteiger partial charge in [0, 0.05) is 0 Å². The minimum absolute atomic E-state index is 0.699. The molecular formula is C12H24. The first-order valence-corrected chi connectivity index (χ1v) is 5.61. The van der Waals surface area contributed by atoms with Crippen molar-refractivity contribution >= 4 is 0 Å². The van der Waals surface area contributed by atoms with Gasteiger partial charge in [-0.3, -0.25) is 0 Å². The monoisotopic (exact) mass is 168 g/mol. The molecule has 0 radical (unpaired) electrons. The zero-order valence-electron chi connectivity index (χ0n) is 9.35. The van der Waals surface area contributed by atoms with Crippen LogP contribution in [0.2, 0.25) is 0 Å². The van der Waals surface area contributed by atoms with Crippen LogP contribution in [-0.2, 0) is 0 Å². The average Bonchev–Trinajstić information content (AvgIpc) is 2.71. The number of rotatable bonds is 4. The predicted octanol–water partition coefficient (Wildman–Crippen LogP) is 4.10. The van der Waals surface area contributed by atoms with E-state index in [-0.39, 0.29) is 0 Å². The van der Waals surface area contributed by atoms with Crippen molar-refractivity contribution in [2.45, 2.75) is 53.9 Å². The molecule has 12 heavy (non-hydrogen) atoms. The standard InChI is InChI=1S/C12H24/c1-6-9(4)11-10(7-2)12(11,5)8-3/h9-11H,6-8H2,1-5H3. The Morgan fingerprint density at radius 1 is 1.25 bits per heavy atom. The Balaban J connectivity index is 2.58. The minimum atomic E-state index is 0.699. The van der Waals surface area contributed by atoms with Crippen molar-refractivity contribution in [3.63, 3.8) is 0 Å². The Hall–Kier alpha value is 0. The minimum Gasteiger partial charge on any atom is -0.0651 e. The summed E-state index contributed by atoms with van der Waals surface area (Å²) in [6.07, 6.45) is 4.12. The third-order valence-corrected chi connectivity index (χ3v) is 4.39. The van der Waals surface area contributed by atoms with E-state index in [1.165, 1.54) is 19.3 Å². The van der Waals surface area contributed by atoms with Gasteiger partial charge in [-0.25, -0.2) is 0 Å². The molecule has 0 aromatic heterocycles. The highest BCUT2D eigenvalue weighted by Gasteiger charge is 2.59. The highest BCUT2D eigenvalue weighted by molar-refractivity contribution is 5.07. The Bertz CT molecular complexity index is 150. The summed E-state index contributed by atoms with van der Waals surface area (Å²) in [6, 6.07) is 0. The molecule has 0 N–H and O–H groups in total. The molecular weight excluding hydrogens is 144 g/mol. The van der Waals surface area contributed by atoms with Gasteiger partial charge in [-0.15, -0.1) is 0 Å². The first-order chi connectivity index (χ1) is 5.61. The summed E-state index contributed by atoms with van der Waals surface area (Å²) in [5.41, 5.74) is 0.699. The van der Waals surface area contributed by atoms with Gasteiger partial charge in [0.15, 0.2) is 0 Å². The molecule has 4 unspecified atom stereocenters. The van der Waals surface area contributed by atoms with Gasteiger partial charge in [-0.2, -0.15) is 0 Å². The fraction of sp³-hybridized carbons (Fsp3) is 1.00. The first kappa shape index (κ1) is 10.1.